The number of halogens is 7. The zero-order valence-corrected chi connectivity index (χ0v) is 9.00. The van der Waals surface area contributed by atoms with E-state index in [0.29, 0.717) is 0 Å². The molecule has 94 valence electrons. The Morgan fingerprint density at radius 3 is 1.50 bits per heavy atom. The molecule has 1 rings (SSSR count). The maximum Gasteiger partial charge on any atom is 0.416 e. The molecule has 1 nitrogen and oxygen atoms in total. The summed E-state index contributed by atoms with van der Waals surface area (Å²) in [5.74, 6) is 0. The SMILES string of the molecule is CC1(F)SC(=O)SC1(C(F)(F)F)C(F)(F)F. The molecule has 1 fully saturated rings. The second-order valence-corrected chi connectivity index (χ2v) is 5.83. The maximum absolute atomic E-state index is 13.5. The smallest absolute Gasteiger partial charge is 0.274 e. The molecule has 1 atom stereocenters. The van der Waals surface area contributed by atoms with Gasteiger partial charge in [0.15, 0.2) is 5.00 Å². The van der Waals surface area contributed by atoms with Crippen molar-refractivity contribution in [3.8, 4) is 0 Å². The van der Waals surface area contributed by atoms with Gasteiger partial charge in [-0.3, -0.25) is 4.79 Å². The quantitative estimate of drug-likeness (QED) is 0.624. The number of alkyl halides is 7. The fourth-order valence-electron chi connectivity index (χ4n) is 1.25. The van der Waals surface area contributed by atoms with Crippen LogP contribution in [-0.2, 0) is 0 Å². The van der Waals surface area contributed by atoms with Crippen molar-refractivity contribution in [1.29, 1.82) is 0 Å². The topological polar surface area (TPSA) is 17.1 Å². The molecule has 10 heteroatoms. The number of thioether (sulfide) groups is 2. The minimum absolute atomic E-state index is 0.108. The molecule has 0 radical (unpaired) electrons. The molecule has 1 saturated heterocycles. The van der Waals surface area contributed by atoms with Gasteiger partial charge in [0, 0.05) is 0 Å². The lowest BCUT2D eigenvalue weighted by Gasteiger charge is -2.37. The van der Waals surface area contributed by atoms with Crippen molar-refractivity contribution < 1.29 is 35.5 Å². The Kier molecular flexibility index (Phi) is 3.00. The fourth-order valence-corrected chi connectivity index (χ4v) is 3.86. The molecule has 0 aromatic carbocycles. The van der Waals surface area contributed by atoms with E-state index < -0.39 is 50.1 Å². The normalized spacial score (nSPS) is 30.9. The molecule has 0 saturated carbocycles. The molecular weight excluding hydrogens is 285 g/mol. The first-order valence-corrected chi connectivity index (χ1v) is 5.23. The van der Waals surface area contributed by atoms with Gasteiger partial charge in [-0.25, -0.2) is 4.39 Å². The summed E-state index contributed by atoms with van der Waals surface area (Å²) < 4.78 is 81.8. The van der Waals surface area contributed by atoms with Crippen LogP contribution in [0.25, 0.3) is 0 Å². The van der Waals surface area contributed by atoms with Crippen LogP contribution in [0.1, 0.15) is 6.92 Å². The molecule has 0 spiro atoms. The number of hydrogen-bond acceptors (Lipinski definition) is 3. The third-order valence-electron chi connectivity index (χ3n) is 1.94. The average molecular weight is 288 g/mol. The third kappa shape index (κ3) is 1.69. The van der Waals surface area contributed by atoms with Crippen LogP contribution in [0.4, 0.5) is 35.5 Å². The van der Waals surface area contributed by atoms with Gasteiger partial charge in [-0.1, -0.05) is 0 Å². The maximum atomic E-state index is 13.5. The zero-order chi connectivity index (χ0) is 13.0. The summed E-state index contributed by atoms with van der Waals surface area (Å²) in [6.07, 6.45) is -11.8. The lowest BCUT2D eigenvalue weighted by atomic mass is 10.0. The van der Waals surface area contributed by atoms with Gasteiger partial charge in [-0.05, 0) is 30.4 Å². The van der Waals surface area contributed by atoms with E-state index in [1.54, 1.807) is 0 Å². The molecule has 1 heterocycles. The summed E-state index contributed by atoms with van der Waals surface area (Å²) in [5, 5.41) is -3.77. The Morgan fingerprint density at radius 2 is 1.38 bits per heavy atom. The van der Waals surface area contributed by atoms with Gasteiger partial charge in [0.2, 0.25) is 4.45 Å². The van der Waals surface area contributed by atoms with E-state index in [9.17, 15) is 35.5 Å². The third-order valence-corrected chi connectivity index (χ3v) is 4.74. The summed E-state index contributed by atoms with van der Waals surface area (Å²) in [5.41, 5.74) is 0. The molecule has 0 N–H and O–H groups in total. The van der Waals surface area contributed by atoms with Crippen molar-refractivity contribution in [2.24, 2.45) is 0 Å². The highest BCUT2D eigenvalue weighted by atomic mass is 32.2. The van der Waals surface area contributed by atoms with E-state index in [1.165, 1.54) is 0 Å². The molecule has 0 aromatic heterocycles. The molecule has 1 unspecified atom stereocenters. The highest BCUT2D eigenvalue weighted by molar-refractivity contribution is 8.42. The van der Waals surface area contributed by atoms with Crippen molar-refractivity contribution in [2.75, 3.05) is 0 Å². The zero-order valence-electron chi connectivity index (χ0n) is 7.37. The Balaban J connectivity index is 3.44. The monoisotopic (exact) mass is 288 g/mol. The average Bonchev–Trinajstić information content (AvgIpc) is 2.16. The van der Waals surface area contributed by atoms with E-state index >= 15 is 0 Å². The second-order valence-electron chi connectivity index (χ2n) is 3.05. The van der Waals surface area contributed by atoms with Gasteiger partial charge in [0.05, 0.1) is 0 Å². The van der Waals surface area contributed by atoms with Crippen LogP contribution in [0.15, 0.2) is 0 Å². The van der Waals surface area contributed by atoms with E-state index in [4.69, 9.17) is 0 Å². The van der Waals surface area contributed by atoms with Crippen molar-refractivity contribution in [3.05, 3.63) is 0 Å². The summed E-state index contributed by atoms with van der Waals surface area (Å²) in [7, 11) is 0. The Morgan fingerprint density at radius 1 is 1.00 bits per heavy atom. The van der Waals surface area contributed by atoms with Crippen LogP contribution in [0.5, 0.6) is 0 Å². The summed E-state index contributed by atoms with van der Waals surface area (Å²) >= 11 is -1.67. The number of hydrogen-bond donors (Lipinski definition) is 0. The lowest BCUT2D eigenvalue weighted by Crippen LogP contribution is -2.62. The van der Waals surface area contributed by atoms with Gasteiger partial charge in [-0.15, -0.1) is 0 Å². The molecule has 0 bridgehead atoms. The van der Waals surface area contributed by atoms with Crippen LogP contribution in [-0.4, -0.2) is 26.5 Å². The Bertz CT molecular complexity index is 304. The van der Waals surface area contributed by atoms with E-state index in [2.05, 4.69) is 0 Å². The highest BCUT2D eigenvalue weighted by Crippen LogP contribution is 2.68. The van der Waals surface area contributed by atoms with Gasteiger partial charge < -0.3 is 0 Å². The molecular formula is C6H3F7OS2. The van der Waals surface area contributed by atoms with Crippen LogP contribution in [0.2, 0.25) is 0 Å². The first-order valence-electron chi connectivity index (χ1n) is 3.59. The predicted octanol–water partition coefficient (Wildman–Crippen LogP) is 4.14. The predicted molar refractivity (Wildman–Crippen MR) is 44.9 cm³/mol. The van der Waals surface area contributed by atoms with Crippen molar-refractivity contribution in [1.82, 2.24) is 0 Å². The molecule has 0 aromatic rings. The molecule has 0 aliphatic carbocycles. The number of rotatable bonds is 0. The Labute approximate surface area is 93.1 Å². The molecule has 16 heavy (non-hydrogen) atoms. The molecule has 0 amide bonds. The van der Waals surface area contributed by atoms with Gasteiger partial charge in [0.1, 0.15) is 0 Å². The van der Waals surface area contributed by atoms with Gasteiger partial charge in [-0.2, -0.15) is 26.3 Å². The van der Waals surface area contributed by atoms with Gasteiger partial charge >= 0.3 is 12.4 Å². The highest BCUT2D eigenvalue weighted by Gasteiger charge is 2.84. The van der Waals surface area contributed by atoms with Crippen LogP contribution < -0.4 is 0 Å². The fraction of sp³-hybridized carbons (Fsp3) is 0.833. The van der Waals surface area contributed by atoms with Crippen molar-refractivity contribution in [3.63, 3.8) is 0 Å². The van der Waals surface area contributed by atoms with Crippen LogP contribution in [0, 0.1) is 0 Å². The summed E-state index contributed by atoms with van der Waals surface area (Å²) in [4.78, 5) is 10.7. The minimum Gasteiger partial charge on any atom is -0.274 e. The summed E-state index contributed by atoms with van der Waals surface area (Å²) in [6.45, 7) is 0.108. The number of carbonyl (C=O) groups excluding carboxylic acids is 1. The van der Waals surface area contributed by atoms with Crippen LogP contribution in [0.3, 0.4) is 0 Å². The van der Waals surface area contributed by atoms with E-state index in [-0.39, 0.29) is 6.92 Å². The Hall–Kier alpha value is -0.120. The van der Waals surface area contributed by atoms with Crippen LogP contribution >= 0.6 is 23.5 Å². The largest absolute Gasteiger partial charge is 0.416 e. The molecule has 1 aliphatic heterocycles. The van der Waals surface area contributed by atoms with Crippen molar-refractivity contribution in [2.45, 2.75) is 29.0 Å². The second kappa shape index (κ2) is 3.44. The summed E-state index contributed by atoms with van der Waals surface area (Å²) in [6, 6.07) is 0. The van der Waals surface area contributed by atoms with Gasteiger partial charge in [0.25, 0.3) is 4.75 Å². The van der Waals surface area contributed by atoms with E-state index in [0.717, 1.165) is 0 Å². The minimum atomic E-state index is -5.90. The standard InChI is InChI=1S/C6H3F7OS2/c1-3(7)4(5(8,9)10,6(11,12)13)16-2(14)15-3/h1H3. The number of carbonyl (C=O) groups is 1. The van der Waals surface area contributed by atoms with E-state index in [1.807, 2.05) is 0 Å². The first kappa shape index (κ1) is 13.9. The first-order chi connectivity index (χ1) is 6.85. The van der Waals surface area contributed by atoms with Crippen molar-refractivity contribution >= 4 is 28.0 Å². The lowest BCUT2D eigenvalue weighted by molar-refractivity contribution is -0.280. The molecule has 1 aliphatic rings.